The lowest BCUT2D eigenvalue weighted by molar-refractivity contribution is 0.397. The molecule has 76 valence electrons. The minimum absolute atomic E-state index is 0.0251. The zero-order valence-electron chi connectivity index (χ0n) is 9.33. The lowest BCUT2D eigenvalue weighted by Crippen LogP contribution is -2.06. The fourth-order valence-electron chi connectivity index (χ4n) is 0.675. The van der Waals surface area contributed by atoms with Gasteiger partial charge in [0, 0.05) is 6.21 Å². The molecule has 0 aromatic heterocycles. The van der Waals surface area contributed by atoms with Crippen LogP contribution in [-0.4, -0.2) is 11.3 Å². The zero-order valence-corrected chi connectivity index (χ0v) is 9.33. The van der Waals surface area contributed by atoms with Gasteiger partial charge in [0.15, 0.2) is 0 Å². The smallest absolute Gasteiger partial charge is 0.206 e. The van der Waals surface area contributed by atoms with Crippen molar-refractivity contribution in [3.8, 4) is 0 Å². The molecule has 13 heavy (non-hydrogen) atoms. The van der Waals surface area contributed by atoms with Crippen molar-refractivity contribution in [2.45, 2.75) is 41.0 Å². The van der Waals surface area contributed by atoms with E-state index in [1.165, 1.54) is 0 Å². The summed E-state index contributed by atoms with van der Waals surface area (Å²) in [5.74, 6) is 0.515. The van der Waals surface area contributed by atoms with E-state index in [0.29, 0.717) is 5.92 Å². The van der Waals surface area contributed by atoms with Crippen LogP contribution in [0.3, 0.4) is 0 Å². The predicted octanol–water partition coefficient (Wildman–Crippen LogP) is 3.55. The Kier molecular flexibility index (Phi) is 4.74. The highest BCUT2D eigenvalue weighted by molar-refractivity contribution is 5.64. The van der Waals surface area contributed by atoms with E-state index in [0.717, 1.165) is 6.42 Å². The molecule has 0 aliphatic heterocycles. The average Bonchev–Trinajstić information content (AvgIpc) is 1.99. The molecule has 0 aliphatic carbocycles. The molecule has 2 heteroatoms. The minimum Gasteiger partial charge on any atom is -0.493 e. The number of hydrogen-bond acceptors (Lipinski definition) is 2. The van der Waals surface area contributed by atoms with Crippen molar-refractivity contribution in [1.29, 1.82) is 0 Å². The quantitative estimate of drug-likeness (QED) is 0.526. The Bertz CT molecular complexity index is 199. The van der Waals surface area contributed by atoms with E-state index >= 15 is 0 Å². The summed E-state index contributed by atoms with van der Waals surface area (Å²) in [5, 5.41) is 9.38. The molecule has 0 saturated carbocycles. The summed E-state index contributed by atoms with van der Waals surface area (Å²) in [7, 11) is 0. The largest absolute Gasteiger partial charge is 0.493 e. The third-order valence-electron chi connectivity index (χ3n) is 1.66. The Morgan fingerprint density at radius 3 is 2.38 bits per heavy atom. The lowest BCUT2D eigenvalue weighted by Gasteiger charge is -2.09. The summed E-state index contributed by atoms with van der Waals surface area (Å²) < 4.78 is 0. The molecule has 0 fully saturated rings. The van der Waals surface area contributed by atoms with Crippen LogP contribution in [0, 0.1) is 11.3 Å². The molecule has 0 rings (SSSR count). The van der Waals surface area contributed by atoms with Crippen molar-refractivity contribution in [3.63, 3.8) is 0 Å². The Morgan fingerprint density at radius 1 is 1.46 bits per heavy atom. The Morgan fingerprint density at radius 2 is 2.00 bits per heavy atom. The van der Waals surface area contributed by atoms with Crippen LogP contribution >= 0.6 is 0 Å². The molecule has 0 spiro atoms. The van der Waals surface area contributed by atoms with Gasteiger partial charge in [-0.1, -0.05) is 34.6 Å². The fraction of sp³-hybridized carbons (Fsp3) is 0.727. The van der Waals surface area contributed by atoms with Crippen molar-refractivity contribution < 1.29 is 5.11 Å². The molecule has 1 unspecified atom stereocenters. The van der Waals surface area contributed by atoms with E-state index in [9.17, 15) is 5.11 Å². The highest BCUT2D eigenvalue weighted by atomic mass is 16.3. The SMILES string of the molecule is CCC(C)/C=C(O)\N=C/C(C)(C)C. The van der Waals surface area contributed by atoms with Crippen molar-refractivity contribution in [2.24, 2.45) is 16.3 Å². The number of hydrogen-bond donors (Lipinski definition) is 1. The monoisotopic (exact) mass is 183 g/mol. The van der Waals surface area contributed by atoms with Gasteiger partial charge in [0.1, 0.15) is 0 Å². The van der Waals surface area contributed by atoms with Crippen LogP contribution in [0.2, 0.25) is 0 Å². The molecule has 0 amide bonds. The summed E-state index contributed by atoms with van der Waals surface area (Å²) in [6.07, 6.45) is 4.57. The average molecular weight is 183 g/mol. The maximum Gasteiger partial charge on any atom is 0.206 e. The molecular formula is C11H21NO. The maximum atomic E-state index is 9.38. The topological polar surface area (TPSA) is 32.6 Å². The Hall–Kier alpha value is -0.790. The second-order valence-electron chi connectivity index (χ2n) is 4.53. The van der Waals surface area contributed by atoms with Crippen LogP contribution in [0.15, 0.2) is 17.0 Å². The first-order valence-electron chi connectivity index (χ1n) is 4.81. The van der Waals surface area contributed by atoms with Gasteiger partial charge >= 0.3 is 0 Å². The normalized spacial score (nSPS) is 16.5. The first-order valence-corrected chi connectivity index (χ1v) is 4.81. The van der Waals surface area contributed by atoms with Crippen molar-refractivity contribution >= 4 is 6.21 Å². The van der Waals surface area contributed by atoms with Gasteiger partial charge in [-0.3, -0.25) is 0 Å². The maximum absolute atomic E-state index is 9.38. The molecule has 0 radical (unpaired) electrons. The molecule has 0 saturated heterocycles. The molecule has 0 aliphatic rings. The number of aliphatic hydroxyl groups excluding tert-OH is 1. The second-order valence-corrected chi connectivity index (χ2v) is 4.53. The highest BCUT2D eigenvalue weighted by Gasteiger charge is 2.05. The number of allylic oxidation sites excluding steroid dienone is 1. The van der Waals surface area contributed by atoms with E-state index in [4.69, 9.17) is 0 Å². The summed E-state index contributed by atoms with van der Waals surface area (Å²) in [5.41, 5.74) is 0.0251. The summed E-state index contributed by atoms with van der Waals surface area (Å²) in [4.78, 5) is 3.98. The van der Waals surface area contributed by atoms with Crippen molar-refractivity contribution in [1.82, 2.24) is 0 Å². The van der Waals surface area contributed by atoms with Gasteiger partial charge in [0.25, 0.3) is 0 Å². The van der Waals surface area contributed by atoms with Crippen LogP contribution in [0.4, 0.5) is 0 Å². The highest BCUT2D eigenvalue weighted by Crippen LogP contribution is 2.11. The van der Waals surface area contributed by atoms with Crippen LogP contribution in [0.25, 0.3) is 0 Å². The number of nitrogens with zero attached hydrogens (tertiary/aromatic N) is 1. The third kappa shape index (κ3) is 7.57. The molecule has 0 aromatic rings. The number of aliphatic hydroxyl groups is 1. The summed E-state index contributed by atoms with van der Waals surface area (Å²) >= 11 is 0. The summed E-state index contributed by atoms with van der Waals surface area (Å²) in [6.45, 7) is 10.3. The van der Waals surface area contributed by atoms with Gasteiger partial charge < -0.3 is 5.11 Å². The van der Waals surface area contributed by atoms with E-state index in [1.54, 1.807) is 12.3 Å². The van der Waals surface area contributed by atoms with Crippen molar-refractivity contribution in [3.05, 3.63) is 12.0 Å². The number of aliphatic imine (C=N–C) groups is 1. The van der Waals surface area contributed by atoms with Gasteiger partial charge in [-0.25, -0.2) is 4.99 Å². The van der Waals surface area contributed by atoms with Crippen LogP contribution in [0.1, 0.15) is 41.0 Å². The zero-order chi connectivity index (χ0) is 10.5. The van der Waals surface area contributed by atoms with E-state index in [1.807, 2.05) is 20.8 Å². The molecule has 0 bridgehead atoms. The lowest BCUT2D eigenvalue weighted by atomic mass is 9.99. The molecule has 0 aromatic carbocycles. The first-order chi connectivity index (χ1) is 5.85. The first kappa shape index (κ1) is 12.2. The van der Waals surface area contributed by atoms with Gasteiger partial charge in [0.2, 0.25) is 5.88 Å². The molecule has 1 N–H and O–H groups in total. The predicted molar refractivity (Wildman–Crippen MR) is 58.1 cm³/mol. The number of rotatable bonds is 3. The van der Waals surface area contributed by atoms with Crippen molar-refractivity contribution in [2.75, 3.05) is 0 Å². The molecule has 1 atom stereocenters. The fourth-order valence-corrected chi connectivity index (χ4v) is 0.675. The van der Waals surface area contributed by atoms with Gasteiger partial charge in [-0.05, 0) is 23.8 Å². The molecule has 0 heterocycles. The van der Waals surface area contributed by atoms with E-state index in [-0.39, 0.29) is 11.3 Å². The van der Waals surface area contributed by atoms with E-state index in [2.05, 4.69) is 18.8 Å². The third-order valence-corrected chi connectivity index (χ3v) is 1.66. The van der Waals surface area contributed by atoms with Gasteiger partial charge in [-0.2, -0.15) is 0 Å². The standard InChI is InChI=1S/C11H21NO/c1-6-9(2)7-10(13)12-8-11(3,4)5/h7-9,13H,6H2,1-5H3/b10-7+,12-8-. The van der Waals surface area contributed by atoms with Gasteiger partial charge in [0.05, 0.1) is 0 Å². The molecular weight excluding hydrogens is 162 g/mol. The van der Waals surface area contributed by atoms with Crippen LogP contribution in [-0.2, 0) is 0 Å². The summed E-state index contributed by atoms with van der Waals surface area (Å²) in [6, 6.07) is 0. The van der Waals surface area contributed by atoms with Crippen LogP contribution in [0.5, 0.6) is 0 Å². The van der Waals surface area contributed by atoms with E-state index < -0.39 is 0 Å². The van der Waals surface area contributed by atoms with Crippen LogP contribution < -0.4 is 0 Å². The second kappa shape index (κ2) is 5.05. The Labute approximate surface area is 81.4 Å². The molecule has 2 nitrogen and oxygen atoms in total. The minimum atomic E-state index is 0.0251. The Balaban J connectivity index is 4.21. The van der Waals surface area contributed by atoms with Gasteiger partial charge in [-0.15, -0.1) is 0 Å².